The molecule has 0 saturated heterocycles. The number of carbonyl (C=O) groups excluding carboxylic acids is 3. The molecule has 2 heterocycles. The van der Waals surface area contributed by atoms with Crippen LogP contribution in [0.15, 0.2) is 36.4 Å². The van der Waals surface area contributed by atoms with E-state index in [2.05, 4.69) is 20.6 Å². The average Bonchev–Trinajstić information content (AvgIpc) is 3.16. The monoisotopic (exact) mass is 542 g/mol. The zero-order valence-corrected chi connectivity index (χ0v) is 22.2. The zero-order valence-electron chi connectivity index (χ0n) is 22.2. The number of ketones is 1. The number of aromatic nitrogens is 2. The summed E-state index contributed by atoms with van der Waals surface area (Å²) in [5.74, 6) is -3.21. The highest BCUT2D eigenvalue weighted by molar-refractivity contribution is 6.05. The number of aromatic amines is 1. The summed E-state index contributed by atoms with van der Waals surface area (Å²) in [7, 11) is 2.90. The third kappa shape index (κ3) is 6.64. The van der Waals surface area contributed by atoms with Gasteiger partial charge in [0.2, 0.25) is 17.7 Å². The van der Waals surface area contributed by atoms with Crippen molar-refractivity contribution in [2.45, 2.75) is 39.3 Å². The van der Waals surface area contributed by atoms with Gasteiger partial charge in [-0.1, -0.05) is 26.0 Å². The molecule has 0 bridgehead atoms. The lowest BCUT2D eigenvalue weighted by molar-refractivity contribution is -0.122. The third-order valence-corrected chi connectivity index (χ3v) is 6.17. The summed E-state index contributed by atoms with van der Waals surface area (Å²) in [5, 5.41) is 25.3. The van der Waals surface area contributed by atoms with Gasteiger partial charge >= 0.3 is 0 Å². The first-order valence-electron chi connectivity index (χ1n) is 12.1. The number of nitrogens with one attached hydrogen (secondary N) is 3. The first-order chi connectivity index (χ1) is 18.5. The second kappa shape index (κ2) is 12.3. The van der Waals surface area contributed by atoms with E-state index >= 15 is 0 Å². The van der Waals surface area contributed by atoms with Crippen LogP contribution in [0.2, 0.25) is 0 Å². The summed E-state index contributed by atoms with van der Waals surface area (Å²) in [6, 6.07) is 6.61. The molecule has 3 aromatic rings. The normalized spacial score (nSPS) is 12.5. The SMILES string of the molecule is COc1ccc(C(CC(=O)N[C@H](C(=O)c2c(O)[nH]c(O)c2C)C(C)C)NC(=O)c2cccc(F)n2)cc1OC. The number of nitrogens with zero attached hydrogens (tertiary/aromatic N) is 1. The molecule has 0 fully saturated rings. The van der Waals surface area contributed by atoms with Crippen LogP contribution < -0.4 is 20.1 Å². The van der Waals surface area contributed by atoms with Gasteiger partial charge in [0, 0.05) is 5.56 Å². The van der Waals surface area contributed by atoms with Gasteiger partial charge in [-0.2, -0.15) is 4.39 Å². The molecule has 5 N–H and O–H groups in total. The quantitative estimate of drug-likeness (QED) is 0.182. The minimum atomic E-state index is -1.05. The Bertz CT molecular complexity index is 1370. The number of methoxy groups -OCH3 is 2. The molecule has 1 aromatic carbocycles. The summed E-state index contributed by atoms with van der Waals surface area (Å²) in [4.78, 5) is 45.3. The molecule has 0 aliphatic carbocycles. The van der Waals surface area contributed by atoms with Crippen molar-refractivity contribution in [1.82, 2.24) is 20.6 Å². The van der Waals surface area contributed by atoms with Crippen LogP contribution in [-0.2, 0) is 4.79 Å². The minimum Gasteiger partial charge on any atom is -0.494 e. The average molecular weight is 543 g/mol. The van der Waals surface area contributed by atoms with E-state index in [9.17, 15) is 29.0 Å². The van der Waals surface area contributed by atoms with Gasteiger partial charge in [0.15, 0.2) is 23.2 Å². The van der Waals surface area contributed by atoms with E-state index in [1.807, 2.05) is 0 Å². The second-order valence-electron chi connectivity index (χ2n) is 9.17. The molecule has 2 aromatic heterocycles. The molecule has 0 aliphatic heterocycles. The highest BCUT2D eigenvalue weighted by Gasteiger charge is 2.32. The lowest BCUT2D eigenvalue weighted by Crippen LogP contribution is -2.45. The molecule has 2 atom stereocenters. The predicted octanol–water partition coefficient (Wildman–Crippen LogP) is 3.17. The van der Waals surface area contributed by atoms with Gasteiger partial charge in [-0.15, -0.1) is 0 Å². The number of aromatic hydroxyl groups is 2. The maximum Gasteiger partial charge on any atom is 0.270 e. The number of benzene rings is 1. The molecule has 0 radical (unpaired) electrons. The Morgan fingerprint density at radius 2 is 1.72 bits per heavy atom. The van der Waals surface area contributed by atoms with Gasteiger partial charge in [0.25, 0.3) is 5.91 Å². The van der Waals surface area contributed by atoms with Crippen LogP contribution in [0.5, 0.6) is 23.3 Å². The lowest BCUT2D eigenvalue weighted by atomic mass is 9.93. The van der Waals surface area contributed by atoms with Gasteiger partial charge < -0.3 is 30.3 Å². The van der Waals surface area contributed by atoms with Crippen LogP contribution in [0, 0.1) is 18.8 Å². The van der Waals surface area contributed by atoms with E-state index in [0.717, 1.165) is 6.07 Å². The number of Topliss-reactive ketones (excluding diaryl/α,β-unsaturated/α-hetero) is 1. The number of rotatable bonds is 11. The number of halogens is 1. The number of ether oxygens (including phenoxy) is 2. The number of carbonyl (C=O) groups is 3. The molecule has 208 valence electrons. The van der Waals surface area contributed by atoms with Gasteiger partial charge in [0.05, 0.1) is 38.3 Å². The van der Waals surface area contributed by atoms with Gasteiger partial charge in [-0.05, 0) is 42.7 Å². The lowest BCUT2D eigenvalue weighted by Gasteiger charge is -2.24. The van der Waals surface area contributed by atoms with Crippen molar-refractivity contribution >= 4 is 17.6 Å². The minimum absolute atomic E-state index is 0.131. The Morgan fingerprint density at radius 1 is 1.03 bits per heavy atom. The van der Waals surface area contributed by atoms with Gasteiger partial charge in [-0.3, -0.25) is 19.4 Å². The van der Waals surface area contributed by atoms with E-state index in [1.165, 1.54) is 33.3 Å². The maximum atomic E-state index is 13.6. The predicted molar refractivity (Wildman–Crippen MR) is 139 cm³/mol. The molecule has 0 spiro atoms. The first kappa shape index (κ1) is 29.0. The third-order valence-electron chi connectivity index (χ3n) is 6.17. The van der Waals surface area contributed by atoms with E-state index in [1.54, 1.807) is 32.0 Å². The fourth-order valence-corrected chi connectivity index (χ4v) is 4.06. The van der Waals surface area contributed by atoms with Gasteiger partial charge in [0.1, 0.15) is 5.69 Å². The molecule has 0 saturated carbocycles. The molecule has 3 rings (SSSR count). The number of hydrogen-bond donors (Lipinski definition) is 5. The Balaban J connectivity index is 1.90. The molecule has 12 heteroatoms. The molecule has 1 unspecified atom stereocenters. The van der Waals surface area contributed by atoms with E-state index in [-0.39, 0.29) is 35.0 Å². The van der Waals surface area contributed by atoms with Crippen LogP contribution in [0.1, 0.15) is 58.3 Å². The Labute approximate surface area is 224 Å². The molecule has 0 aliphatic rings. The zero-order chi connectivity index (χ0) is 28.9. The van der Waals surface area contributed by atoms with Crippen molar-refractivity contribution < 1.29 is 38.5 Å². The molecule has 2 amide bonds. The molecule has 39 heavy (non-hydrogen) atoms. The summed E-state index contributed by atoms with van der Waals surface area (Å²) in [6.07, 6.45) is -0.309. The van der Waals surface area contributed by atoms with Crippen molar-refractivity contribution in [3.63, 3.8) is 0 Å². The summed E-state index contributed by atoms with van der Waals surface area (Å²) in [5.41, 5.74) is 0.308. The van der Waals surface area contributed by atoms with Crippen LogP contribution in [0.4, 0.5) is 4.39 Å². The van der Waals surface area contributed by atoms with Crippen LogP contribution >= 0.6 is 0 Å². The molecule has 11 nitrogen and oxygen atoms in total. The Hall–Kier alpha value is -4.61. The van der Waals surface area contributed by atoms with Crippen molar-refractivity contribution in [2.75, 3.05) is 14.2 Å². The topological polar surface area (TPSA) is 163 Å². The fraction of sp³-hybridized carbons (Fsp3) is 0.333. The smallest absolute Gasteiger partial charge is 0.270 e. The first-order valence-corrected chi connectivity index (χ1v) is 12.1. The van der Waals surface area contributed by atoms with E-state index < -0.39 is 41.5 Å². The van der Waals surface area contributed by atoms with Crippen LogP contribution in [-0.4, -0.2) is 58.0 Å². The van der Waals surface area contributed by atoms with E-state index in [0.29, 0.717) is 17.1 Å². The van der Waals surface area contributed by atoms with Crippen molar-refractivity contribution in [3.05, 3.63) is 64.7 Å². The molecular weight excluding hydrogens is 511 g/mol. The number of H-pyrrole nitrogens is 1. The standard InChI is InChI=1S/C27H31FN4O7/c1-13(2)23(24(34)22-14(3)25(35)32-27(22)37)31-21(33)12-17(15-9-10-18(38-4)19(11-15)39-5)30-26(36)16-7-6-8-20(28)29-16/h6-11,13,17,23,32,35,37H,12H2,1-5H3,(H,30,36)(H,31,33)/t17?,23-/m0/s1. The Kier molecular flexibility index (Phi) is 9.12. The van der Waals surface area contributed by atoms with Crippen molar-refractivity contribution in [1.29, 1.82) is 0 Å². The maximum absolute atomic E-state index is 13.6. The van der Waals surface area contributed by atoms with Crippen molar-refractivity contribution in [2.24, 2.45) is 5.92 Å². The number of amides is 2. The number of pyridine rings is 1. The summed E-state index contributed by atoms with van der Waals surface area (Å²) in [6.45, 7) is 4.89. The summed E-state index contributed by atoms with van der Waals surface area (Å²) >= 11 is 0. The van der Waals surface area contributed by atoms with E-state index in [4.69, 9.17) is 9.47 Å². The Morgan fingerprint density at radius 3 is 2.28 bits per heavy atom. The fourth-order valence-electron chi connectivity index (χ4n) is 4.06. The van der Waals surface area contributed by atoms with Crippen molar-refractivity contribution in [3.8, 4) is 23.3 Å². The highest BCUT2D eigenvalue weighted by Crippen LogP contribution is 2.32. The number of hydrogen-bond acceptors (Lipinski definition) is 8. The summed E-state index contributed by atoms with van der Waals surface area (Å²) < 4.78 is 24.2. The molecular formula is C27H31FN4O7. The van der Waals surface area contributed by atoms with Crippen LogP contribution in [0.3, 0.4) is 0 Å². The second-order valence-corrected chi connectivity index (χ2v) is 9.17. The largest absolute Gasteiger partial charge is 0.494 e. The van der Waals surface area contributed by atoms with Crippen LogP contribution in [0.25, 0.3) is 0 Å². The van der Waals surface area contributed by atoms with Gasteiger partial charge in [-0.25, -0.2) is 4.98 Å². The highest BCUT2D eigenvalue weighted by atomic mass is 19.1.